The highest BCUT2D eigenvalue weighted by Crippen LogP contribution is 2.25. The fraction of sp³-hybridized carbons (Fsp3) is 0.235. The average molecular weight is 412 g/mol. The van der Waals surface area contributed by atoms with Crippen molar-refractivity contribution >= 4 is 38.9 Å². The van der Waals surface area contributed by atoms with E-state index in [1.54, 1.807) is 20.8 Å². The fourth-order valence-electron chi connectivity index (χ4n) is 2.31. The number of aryl methyl sites for hydroxylation is 1. The molecule has 0 aliphatic carbocycles. The first-order chi connectivity index (χ1) is 12.5. The lowest BCUT2D eigenvalue weighted by atomic mass is 10.1. The number of carbonyl (C=O) groups excluding carboxylic acids is 1. The molecule has 0 fully saturated rings. The minimum atomic E-state index is -3.81. The molecule has 0 spiro atoms. The van der Waals surface area contributed by atoms with E-state index in [-0.39, 0.29) is 32.9 Å². The molecule has 0 aliphatic rings. The summed E-state index contributed by atoms with van der Waals surface area (Å²) in [7, 11) is -3.81. The van der Waals surface area contributed by atoms with E-state index >= 15 is 0 Å². The van der Waals surface area contributed by atoms with Gasteiger partial charge < -0.3 is 5.32 Å². The van der Waals surface area contributed by atoms with Crippen LogP contribution in [0.4, 0.5) is 11.4 Å². The van der Waals surface area contributed by atoms with Gasteiger partial charge in [-0.15, -0.1) is 0 Å². The van der Waals surface area contributed by atoms with Gasteiger partial charge in [-0.2, -0.15) is 0 Å². The molecule has 10 heteroatoms. The number of nitro groups is 1. The molecule has 27 heavy (non-hydrogen) atoms. The van der Waals surface area contributed by atoms with Crippen LogP contribution in [0.3, 0.4) is 0 Å². The van der Waals surface area contributed by atoms with Crippen molar-refractivity contribution < 1.29 is 18.1 Å². The molecule has 8 nitrogen and oxygen atoms in total. The second-order valence-electron chi connectivity index (χ2n) is 6.13. The zero-order chi connectivity index (χ0) is 20.4. The van der Waals surface area contributed by atoms with Gasteiger partial charge in [0.2, 0.25) is 10.0 Å². The molecule has 1 amide bonds. The summed E-state index contributed by atoms with van der Waals surface area (Å²) in [6, 6.07) is 7.67. The Morgan fingerprint density at radius 3 is 2.44 bits per heavy atom. The number of hydrogen-bond acceptors (Lipinski definition) is 5. The molecule has 144 valence electrons. The van der Waals surface area contributed by atoms with E-state index in [1.807, 2.05) is 0 Å². The Labute approximate surface area is 161 Å². The molecule has 0 heterocycles. The van der Waals surface area contributed by atoms with E-state index in [0.29, 0.717) is 5.56 Å². The maximum absolute atomic E-state index is 12.5. The lowest BCUT2D eigenvalue weighted by molar-refractivity contribution is -0.385. The van der Waals surface area contributed by atoms with Crippen LogP contribution >= 0.6 is 11.6 Å². The number of rotatable bonds is 6. The third-order valence-corrected chi connectivity index (χ3v) is 5.53. The maximum atomic E-state index is 12.5. The summed E-state index contributed by atoms with van der Waals surface area (Å²) in [5.41, 5.74) is 0.439. The number of sulfonamides is 1. The number of hydrogen-bond donors (Lipinski definition) is 2. The Kier molecular flexibility index (Phi) is 6.19. The topological polar surface area (TPSA) is 118 Å². The summed E-state index contributed by atoms with van der Waals surface area (Å²) < 4.78 is 27.0. The number of anilines is 1. The Hall–Kier alpha value is -2.49. The van der Waals surface area contributed by atoms with Gasteiger partial charge in [0.15, 0.2) is 0 Å². The molecule has 0 saturated carbocycles. The number of carbonyl (C=O) groups is 1. The van der Waals surface area contributed by atoms with Gasteiger partial charge in [0.05, 0.1) is 20.4 Å². The predicted molar refractivity (Wildman–Crippen MR) is 103 cm³/mol. The molecule has 0 unspecified atom stereocenters. The molecule has 2 rings (SSSR count). The smallest absolute Gasteiger partial charge is 0.274 e. The first-order valence-corrected chi connectivity index (χ1v) is 9.75. The minimum Gasteiger partial charge on any atom is -0.322 e. The van der Waals surface area contributed by atoms with Crippen LogP contribution in [0.5, 0.6) is 0 Å². The number of amides is 1. The van der Waals surface area contributed by atoms with Crippen molar-refractivity contribution in [3.8, 4) is 0 Å². The van der Waals surface area contributed by atoms with Gasteiger partial charge in [0.1, 0.15) is 0 Å². The Morgan fingerprint density at radius 1 is 1.19 bits per heavy atom. The average Bonchev–Trinajstić information content (AvgIpc) is 2.55. The molecule has 0 bridgehead atoms. The zero-order valence-corrected chi connectivity index (χ0v) is 16.4. The highest BCUT2D eigenvalue weighted by molar-refractivity contribution is 7.89. The van der Waals surface area contributed by atoms with Crippen LogP contribution in [0.2, 0.25) is 5.02 Å². The summed E-state index contributed by atoms with van der Waals surface area (Å²) in [5.74, 6) is -0.681. The Balaban J connectivity index is 2.36. The van der Waals surface area contributed by atoms with Gasteiger partial charge >= 0.3 is 0 Å². The van der Waals surface area contributed by atoms with Crippen molar-refractivity contribution in [3.63, 3.8) is 0 Å². The Bertz CT molecular complexity index is 1010. The van der Waals surface area contributed by atoms with Crippen LogP contribution < -0.4 is 10.0 Å². The van der Waals surface area contributed by atoms with Crippen LogP contribution in [-0.4, -0.2) is 25.3 Å². The summed E-state index contributed by atoms with van der Waals surface area (Å²) in [6.45, 7) is 4.92. The lowest BCUT2D eigenvalue weighted by Gasteiger charge is -2.12. The highest BCUT2D eigenvalue weighted by atomic mass is 35.5. The standard InChI is InChI=1S/C17H18ClN3O5S/c1-10(2)20-27(25,26)13-6-7-15(18)14(9-13)17(22)19-12-5-4-11(3)16(8-12)21(23)24/h4-10,20H,1-3H3,(H,19,22). The minimum absolute atomic E-state index is 0.0533. The first kappa shape index (κ1) is 20.8. The maximum Gasteiger partial charge on any atom is 0.274 e. The number of nitrogens with zero attached hydrogens (tertiary/aromatic N) is 1. The number of benzene rings is 2. The van der Waals surface area contributed by atoms with Crippen molar-refractivity contribution in [2.45, 2.75) is 31.7 Å². The van der Waals surface area contributed by atoms with Crippen molar-refractivity contribution in [2.75, 3.05) is 5.32 Å². The molecule has 0 aliphatic heterocycles. The molecular weight excluding hydrogens is 394 g/mol. The normalized spacial score (nSPS) is 11.4. The molecule has 0 saturated heterocycles. The van der Waals surface area contributed by atoms with Crippen molar-refractivity contribution in [3.05, 3.63) is 62.7 Å². The molecule has 0 aromatic heterocycles. The van der Waals surface area contributed by atoms with Gasteiger partial charge in [-0.25, -0.2) is 13.1 Å². The van der Waals surface area contributed by atoms with Gasteiger partial charge in [-0.05, 0) is 45.0 Å². The summed E-state index contributed by atoms with van der Waals surface area (Å²) >= 11 is 6.04. The quantitative estimate of drug-likeness (QED) is 0.557. The van der Waals surface area contributed by atoms with Crippen LogP contribution in [0.15, 0.2) is 41.3 Å². The second-order valence-corrected chi connectivity index (χ2v) is 8.25. The molecule has 0 radical (unpaired) electrons. The van der Waals surface area contributed by atoms with Gasteiger partial charge in [-0.3, -0.25) is 14.9 Å². The molecular formula is C17H18ClN3O5S. The van der Waals surface area contributed by atoms with Gasteiger partial charge in [-0.1, -0.05) is 17.7 Å². The predicted octanol–water partition coefficient (Wildman–Crippen LogP) is 3.50. The first-order valence-electron chi connectivity index (χ1n) is 7.89. The van der Waals surface area contributed by atoms with Crippen molar-refractivity contribution in [2.24, 2.45) is 0 Å². The summed E-state index contributed by atoms with van der Waals surface area (Å²) in [6.07, 6.45) is 0. The van der Waals surface area contributed by atoms with Crippen molar-refractivity contribution in [1.82, 2.24) is 4.72 Å². The number of halogens is 1. The molecule has 0 atom stereocenters. The van der Waals surface area contributed by atoms with Crippen LogP contribution in [0.1, 0.15) is 29.8 Å². The lowest BCUT2D eigenvalue weighted by Crippen LogP contribution is -2.30. The molecule has 2 N–H and O–H groups in total. The summed E-state index contributed by atoms with van der Waals surface area (Å²) in [4.78, 5) is 22.9. The largest absolute Gasteiger partial charge is 0.322 e. The second kappa shape index (κ2) is 8.03. The van der Waals surface area contributed by atoms with Gasteiger partial charge in [0.25, 0.3) is 11.6 Å². The molecule has 2 aromatic rings. The third-order valence-electron chi connectivity index (χ3n) is 3.55. The van der Waals surface area contributed by atoms with Crippen LogP contribution in [0, 0.1) is 17.0 Å². The van der Waals surface area contributed by atoms with E-state index in [0.717, 1.165) is 6.07 Å². The van der Waals surface area contributed by atoms with E-state index in [2.05, 4.69) is 10.0 Å². The molecule has 2 aromatic carbocycles. The van der Waals surface area contributed by atoms with Crippen LogP contribution in [0.25, 0.3) is 0 Å². The summed E-state index contributed by atoms with van der Waals surface area (Å²) in [5, 5.41) is 13.6. The van der Waals surface area contributed by atoms with Crippen molar-refractivity contribution in [1.29, 1.82) is 0 Å². The monoisotopic (exact) mass is 411 g/mol. The third kappa shape index (κ3) is 5.03. The number of nitro benzene ring substituents is 1. The highest BCUT2D eigenvalue weighted by Gasteiger charge is 2.20. The SMILES string of the molecule is Cc1ccc(NC(=O)c2cc(S(=O)(=O)NC(C)C)ccc2Cl)cc1[N+](=O)[O-]. The van der Waals surface area contributed by atoms with E-state index in [9.17, 15) is 23.3 Å². The van der Waals surface area contributed by atoms with E-state index in [4.69, 9.17) is 11.6 Å². The number of nitrogens with one attached hydrogen (secondary N) is 2. The fourth-order valence-corrected chi connectivity index (χ4v) is 3.79. The van der Waals surface area contributed by atoms with Gasteiger partial charge in [0, 0.05) is 23.4 Å². The van der Waals surface area contributed by atoms with Crippen LogP contribution in [-0.2, 0) is 10.0 Å². The Morgan fingerprint density at radius 2 is 1.85 bits per heavy atom. The van der Waals surface area contributed by atoms with E-state index in [1.165, 1.54) is 30.3 Å². The zero-order valence-electron chi connectivity index (χ0n) is 14.8. The van der Waals surface area contributed by atoms with E-state index < -0.39 is 20.9 Å².